The highest BCUT2D eigenvalue weighted by Crippen LogP contribution is 2.28. The summed E-state index contributed by atoms with van der Waals surface area (Å²) >= 11 is 0. The quantitative estimate of drug-likeness (QED) is 0.835. The SMILES string of the molecule is COc1ccc(C(O)(C=O)c2ccccc2)cc1. The predicted octanol–water partition coefficient (Wildman–Crippen LogP) is 2.13. The van der Waals surface area contributed by atoms with Crippen molar-refractivity contribution in [1.29, 1.82) is 0 Å². The lowest BCUT2D eigenvalue weighted by Gasteiger charge is -2.22. The maximum Gasteiger partial charge on any atom is 0.170 e. The maximum absolute atomic E-state index is 11.3. The molecule has 0 spiro atoms. The molecule has 2 aromatic carbocycles. The Labute approximate surface area is 106 Å². The van der Waals surface area contributed by atoms with Crippen LogP contribution < -0.4 is 4.74 Å². The second-order valence-electron chi connectivity index (χ2n) is 3.98. The third kappa shape index (κ3) is 2.13. The molecule has 3 heteroatoms. The van der Waals surface area contributed by atoms with Crippen LogP contribution in [0.2, 0.25) is 0 Å². The maximum atomic E-state index is 11.3. The molecule has 0 saturated heterocycles. The van der Waals surface area contributed by atoms with E-state index in [1.807, 2.05) is 6.07 Å². The van der Waals surface area contributed by atoms with Crippen LogP contribution in [-0.2, 0) is 10.4 Å². The van der Waals surface area contributed by atoms with Gasteiger partial charge >= 0.3 is 0 Å². The van der Waals surface area contributed by atoms with Crippen molar-refractivity contribution < 1.29 is 14.6 Å². The fraction of sp³-hybridized carbons (Fsp3) is 0.133. The second-order valence-corrected chi connectivity index (χ2v) is 3.98. The summed E-state index contributed by atoms with van der Waals surface area (Å²) in [5.74, 6) is 0.681. The van der Waals surface area contributed by atoms with Gasteiger partial charge in [0.1, 0.15) is 5.75 Å². The highest BCUT2D eigenvalue weighted by Gasteiger charge is 2.30. The van der Waals surface area contributed by atoms with Crippen LogP contribution in [0, 0.1) is 0 Å². The molecule has 0 amide bonds. The molecule has 0 fully saturated rings. The van der Waals surface area contributed by atoms with Gasteiger partial charge in [-0.05, 0) is 23.3 Å². The van der Waals surface area contributed by atoms with Gasteiger partial charge in [-0.2, -0.15) is 0 Å². The van der Waals surface area contributed by atoms with Crippen LogP contribution in [0.5, 0.6) is 5.75 Å². The molecule has 0 aliphatic heterocycles. The van der Waals surface area contributed by atoms with Gasteiger partial charge in [0.05, 0.1) is 7.11 Å². The Hall–Kier alpha value is -2.13. The van der Waals surface area contributed by atoms with Gasteiger partial charge in [0, 0.05) is 0 Å². The molecule has 0 bridgehead atoms. The molecular weight excluding hydrogens is 228 g/mol. The zero-order valence-electron chi connectivity index (χ0n) is 10.0. The number of hydrogen-bond donors (Lipinski definition) is 1. The molecule has 0 saturated carbocycles. The molecule has 2 aromatic rings. The summed E-state index contributed by atoms with van der Waals surface area (Å²) in [5, 5.41) is 10.5. The van der Waals surface area contributed by atoms with Crippen molar-refractivity contribution in [3.63, 3.8) is 0 Å². The Balaban J connectivity index is 2.46. The summed E-state index contributed by atoms with van der Waals surface area (Å²) in [6.07, 6.45) is 0.546. The first-order valence-corrected chi connectivity index (χ1v) is 5.59. The smallest absolute Gasteiger partial charge is 0.170 e. The van der Waals surface area contributed by atoms with Crippen molar-refractivity contribution >= 4 is 6.29 Å². The number of hydrogen-bond acceptors (Lipinski definition) is 3. The monoisotopic (exact) mass is 242 g/mol. The predicted molar refractivity (Wildman–Crippen MR) is 68.5 cm³/mol. The molecule has 0 aliphatic rings. The van der Waals surface area contributed by atoms with E-state index in [0.717, 1.165) is 0 Å². The highest BCUT2D eigenvalue weighted by atomic mass is 16.5. The van der Waals surface area contributed by atoms with Crippen LogP contribution in [0.1, 0.15) is 11.1 Å². The summed E-state index contributed by atoms with van der Waals surface area (Å²) < 4.78 is 5.05. The average Bonchev–Trinajstić information content (AvgIpc) is 2.47. The van der Waals surface area contributed by atoms with Crippen molar-refractivity contribution in [2.45, 2.75) is 5.60 Å². The first-order valence-electron chi connectivity index (χ1n) is 5.59. The molecule has 0 heterocycles. The standard InChI is InChI=1S/C15H14O3/c1-18-14-9-7-13(8-10-14)15(17,11-16)12-5-3-2-4-6-12/h2-11,17H,1H3. The van der Waals surface area contributed by atoms with E-state index in [0.29, 0.717) is 23.2 Å². The molecule has 1 unspecified atom stereocenters. The third-order valence-electron chi connectivity index (χ3n) is 2.91. The molecule has 0 aliphatic carbocycles. The first-order chi connectivity index (χ1) is 8.70. The number of aldehydes is 1. The van der Waals surface area contributed by atoms with E-state index >= 15 is 0 Å². The van der Waals surface area contributed by atoms with E-state index in [2.05, 4.69) is 0 Å². The average molecular weight is 242 g/mol. The minimum atomic E-state index is -1.62. The van der Waals surface area contributed by atoms with Crippen LogP contribution in [0.15, 0.2) is 54.6 Å². The van der Waals surface area contributed by atoms with Crippen LogP contribution >= 0.6 is 0 Å². The summed E-state index contributed by atoms with van der Waals surface area (Å²) in [6.45, 7) is 0. The van der Waals surface area contributed by atoms with Crippen LogP contribution in [0.3, 0.4) is 0 Å². The number of benzene rings is 2. The first kappa shape index (κ1) is 12.3. The van der Waals surface area contributed by atoms with Gasteiger partial charge in [0.2, 0.25) is 0 Å². The Morgan fingerprint density at radius 2 is 1.56 bits per heavy atom. The molecule has 1 N–H and O–H groups in total. The fourth-order valence-corrected chi connectivity index (χ4v) is 1.84. The normalized spacial score (nSPS) is 13.7. The molecule has 3 nitrogen and oxygen atoms in total. The van der Waals surface area contributed by atoms with E-state index < -0.39 is 5.60 Å². The zero-order valence-corrected chi connectivity index (χ0v) is 10.0. The van der Waals surface area contributed by atoms with Crippen molar-refractivity contribution in [3.8, 4) is 5.75 Å². The molecule has 18 heavy (non-hydrogen) atoms. The largest absolute Gasteiger partial charge is 0.497 e. The van der Waals surface area contributed by atoms with Gasteiger partial charge < -0.3 is 9.84 Å². The van der Waals surface area contributed by atoms with E-state index in [9.17, 15) is 9.90 Å². The number of ether oxygens (including phenoxy) is 1. The molecule has 0 aromatic heterocycles. The minimum Gasteiger partial charge on any atom is -0.497 e. The summed E-state index contributed by atoms with van der Waals surface area (Å²) in [7, 11) is 1.57. The molecular formula is C15H14O3. The number of rotatable bonds is 4. The number of aliphatic hydroxyl groups is 1. The van der Waals surface area contributed by atoms with Crippen molar-refractivity contribution in [2.24, 2.45) is 0 Å². The number of carbonyl (C=O) groups excluding carboxylic acids is 1. The molecule has 92 valence electrons. The van der Waals surface area contributed by atoms with Crippen molar-refractivity contribution in [3.05, 3.63) is 65.7 Å². The van der Waals surface area contributed by atoms with Gasteiger partial charge in [0.15, 0.2) is 11.9 Å². The number of methoxy groups -OCH3 is 1. The van der Waals surface area contributed by atoms with E-state index in [4.69, 9.17) is 4.74 Å². The van der Waals surface area contributed by atoms with Gasteiger partial charge in [-0.1, -0.05) is 42.5 Å². The van der Waals surface area contributed by atoms with E-state index in [1.165, 1.54) is 0 Å². The Bertz CT molecular complexity index is 519. The number of carbonyl (C=O) groups is 1. The molecule has 0 radical (unpaired) electrons. The highest BCUT2D eigenvalue weighted by molar-refractivity contribution is 5.72. The Morgan fingerprint density at radius 3 is 2.06 bits per heavy atom. The van der Waals surface area contributed by atoms with Gasteiger partial charge in [0.25, 0.3) is 0 Å². The zero-order chi connectivity index (χ0) is 13.0. The third-order valence-corrected chi connectivity index (χ3v) is 2.91. The lowest BCUT2D eigenvalue weighted by Crippen LogP contribution is -2.28. The lowest BCUT2D eigenvalue weighted by atomic mass is 9.88. The Morgan fingerprint density at radius 1 is 1.00 bits per heavy atom. The van der Waals surface area contributed by atoms with Crippen molar-refractivity contribution in [1.82, 2.24) is 0 Å². The minimum absolute atomic E-state index is 0.518. The van der Waals surface area contributed by atoms with E-state index in [1.54, 1.807) is 55.6 Å². The van der Waals surface area contributed by atoms with Crippen LogP contribution in [-0.4, -0.2) is 18.5 Å². The fourth-order valence-electron chi connectivity index (χ4n) is 1.84. The van der Waals surface area contributed by atoms with Gasteiger partial charge in [-0.3, -0.25) is 4.79 Å². The van der Waals surface area contributed by atoms with Gasteiger partial charge in [-0.15, -0.1) is 0 Å². The van der Waals surface area contributed by atoms with Gasteiger partial charge in [-0.25, -0.2) is 0 Å². The Kier molecular flexibility index (Phi) is 3.44. The second kappa shape index (κ2) is 5.02. The molecule has 2 rings (SSSR count). The van der Waals surface area contributed by atoms with E-state index in [-0.39, 0.29) is 0 Å². The molecule has 1 atom stereocenters. The van der Waals surface area contributed by atoms with Crippen molar-refractivity contribution in [2.75, 3.05) is 7.11 Å². The summed E-state index contributed by atoms with van der Waals surface area (Å²) in [5.41, 5.74) is -0.553. The van der Waals surface area contributed by atoms with Crippen LogP contribution in [0.4, 0.5) is 0 Å². The lowest BCUT2D eigenvalue weighted by molar-refractivity contribution is -0.121. The topological polar surface area (TPSA) is 46.5 Å². The summed E-state index contributed by atoms with van der Waals surface area (Å²) in [6, 6.07) is 15.6. The summed E-state index contributed by atoms with van der Waals surface area (Å²) in [4.78, 5) is 11.3. The van der Waals surface area contributed by atoms with Crippen LogP contribution in [0.25, 0.3) is 0 Å².